The first-order valence-electron chi connectivity index (χ1n) is 8.33. The third-order valence-corrected chi connectivity index (χ3v) is 5.44. The summed E-state index contributed by atoms with van der Waals surface area (Å²) >= 11 is 18.0. The number of aliphatic hydroxyl groups excluding tert-OH is 1. The maximum atomic E-state index is 12.8. The van der Waals surface area contributed by atoms with Crippen LogP contribution in [0.15, 0.2) is 48.0 Å². The van der Waals surface area contributed by atoms with E-state index in [9.17, 15) is 14.7 Å². The Balaban J connectivity index is 2.17. The average Bonchev–Trinajstić information content (AvgIpc) is 2.93. The van der Waals surface area contributed by atoms with Gasteiger partial charge in [0.25, 0.3) is 11.7 Å². The van der Waals surface area contributed by atoms with Crippen molar-refractivity contribution < 1.29 is 19.4 Å². The van der Waals surface area contributed by atoms with Crippen molar-refractivity contribution in [3.05, 3.63) is 74.2 Å². The molecule has 5 nitrogen and oxygen atoms in total. The molecule has 3 rings (SSSR count). The third kappa shape index (κ3) is 3.89. The van der Waals surface area contributed by atoms with Gasteiger partial charge in [0.05, 0.1) is 28.3 Å². The quantitative estimate of drug-likeness (QED) is 0.415. The van der Waals surface area contributed by atoms with Gasteiger partial charge in [0, 0.05) is 24.2 Å². The number of hydrogen-bond acceptors (Lipinski definition) is 4. The van der Waals surface area contributed by atoms with Crippen LogP contribution >= 0.6 is 34.8 Å². The topological polar surface area (TPSA) is 66.8 Å². The molecule has 0 unspecified atom stereocenters. The highest BCUT2D eigenvalue weighted by atomic mass is 35.5. The van der Waals surface area contributed by atoms with Crippen LogP contribution < -0.4 is 0 Å². The molecule has 0 saturated carbocycles. The number of nitrogens with zero attached hydrogens (tertiary/aromatic N) is 1. The molecule has 1 amide bonds. The van der Waals surface area contributed by atoms with Crippen LogP contribution in [-0.4, -0.2) is 42.0 Å². The summed E-state index contributed by atoms with van der Waals surface area (Å²) in [4.78, 5) is 26.8. The van der Waals surface area contributed by atoms with E-state index in [-0.39, 0.29) is 29.5 Å². The molecule has 8 heteroatoms. The Hall–Kier alpha value is -2.05. The lowest BCUT2D eigenvalue weighted by Gasteiger charge is -2.25. The second kappa shape index (κ2) is 8.53. The fourth-order valence-electron chi connectivity index (χ4n) is 3.09. The van der Waals surface area contributed by atoms with Crippen molar-refractivity contribution in [1.29, 1.82) is 0 Å². The van der Waals surface area contributed by atoms with E-state index in [4.69, 9.17) is 39.5 Å². The van der Waals surface area contributed by atoms with Crippen LogP contribution in [0.1, 0.15) is 17.2 Å². The summed E-state index contributed by atoms with van der Waals surface area (Å²) in [6, 6.07) is 10.3. The van der Waals surface area contributed by atoms with Gasteiger partial charge in [-0.3, -0.25) is 9.59 Å². The summed E-state index contributed by atoms with van der Waals surface area (Å²) in [5.41, 5.74) is 0.904. The average molecular weight is 441 g/mol. The molecule has 146 valence electrons. The molecule has 28 heavy (non-hydrogen) atoms. The van der Waals surface area contributed by atoms with E-state index in [1.807, 2.05) is 0 Å². The molecule has 1 heterocycles. The standard InChI is InChI=1S/C20H16Cl3NO4/c1-28-9-8-24-17(12-4-7-14(22)15(23)10-12)16(19(26)20(24)27)18(25)11-2-5-13(21)6-3-11/h2-7,10,17,25H,8-9H2,1H3/t17-/m1/s1. The van der Waals surface area contributed by atoms with Gasteiger partial charge in [-0.05, 0) is 42.0 Å². The molecule has 1 N–H and O–H groups in total. The lowest BCUT2D eigenvalue weighted by Crippen LogP contribution is -2.32. The Morgan fingerprint density at radius 1 is 1.07 bits per heavy atom. The Morgan fingerprint density at radius 2 is 1.75 bits per heavy atom. The summed E-state index contributed by atoms with van der Waals surface area (Å²) in [5, 5.41) is 12.0. The summed E-state index contributed by atoms with van der Waals surface area (Å²) in [7, 11) is 1.50. The first-order chi connectivity index (χ1) is 13.3. The predicted molar refractivity (Wildman–Crippen MR) is 109 cm³/mol. The molecule has 1 fully saturated rings. The highest BCUT2D eigenvalue weighted by Gasteiger charge is 2.46. The van der Waals surface area contributed by atoms with Crippen LogP contribution in [0.2, 0.25) is 15.1 Å². The summed E-state index contributed by atoms with van der Waals surface area (Å²) < 4.78 is 5.06. The van der Waals surface area contributed by atoms with Crippen molar-refractivity contribution >= 4 is 52.3 Å². The Kier molecular flexibility index (Phi) is 6.30. The van der Waals surface area contributed by atoms with E-state index in [0.717, 1.165) is 0 Å². The van der Waals surface area contributed by atoms with Crippen molar-refractivity contribution in [2.24, 2.45) is 0 Å². The second-order valence-corrected chi connectivity index (χ2v) is 7.42. The van der Waals surface area contributed by atoms with Crippen molar-refractivity contribution in [1.82, 2.24) is 4.90 Å². The number of amides is 1. The first-order valence-corrected chi connectivity index (χ1v) is 9.46. The number of halogens is 3. The van der Waals surface area contributed by atoms with Crippen molar-refractivity contribution in [2.45, 2.75) is 6.04 Å². The normalized spacial score (nSPS) is 18.7. The number of carbonyl (C=O) groups is 2. The largest absolute Gasteiger partial charge is 0.507 e. The minimum atomic E-state index is -0.819. The zero-order valence-electron chi connectivity index (χ0n) is 14.8. The van der Waals surface area contributed by atoms with Crippen LogP contribution in [0.4, 0.5) is 0 Å². The predicted octanol–water partition coefficient (Wildman–Crippen LogP) is 4.71. The number of Topliss-reactive ketones (excluding diaryl/α,β-unsaturated/α-hetero) is 1. The molecular weight excluding hydrogens is 425 g/mol. The summed E-state index contributed by atoms with van der Waals surface area (Å²) in [6.07, 6.45) is 0. The van der Waals surface area contributed by atoms with E-state index >= 15 is 0 Å². The fraction of sp³-hybridized carbons (Fsp3) is 0.200. The van der Waals surface area contributed by atoms with E-state index < -0.39 is 17.7 Å². The number of aliphatic hydroxyl groups is 1. The van der Waals surface area contributed by atoms with Gasteiger partial charge in [-0.25, -0.2) is 0 Å². The van der Waals surface area contributed by atoms with Gasteiger partial charge in [-0.15, -0.1) is 0 Å². The molecule has 2 aromatic carbocycles. The van der Waals surface area contributed by atoms with Crippen LogP contribution in [0.3, 0.4) is 0 Å². The number of methoxy groups -OCH3 is 1. The van der Waals surface area contributed by atoms with Gasteiger partial charge in [-0.2, -0.15) is 0 Å². The fourth-order valence-corrected chi connectivity index (χ4v) is 3.53. The van der Waals surface area contributed by atoms with Gasteiger partial charge < -0.3 is 14.7 Å². The summed E-state index contributed by atoms with van der Waals surface area (Å²) in [5.74, 6) is -1.78. The number of ether oxygens (including phenoxy) is 1. The zero-order valence-corrected chi connectivity index (χ0v) is 17.1. The number of likely N-dealkylation sites (tertiary alicyclic amines) is 1. The van der Waals surface area contributed by atoms with Gasteiger partial charge in [-0.1, -0.05) is 40.9 Å². The molecule has 0 aliphatic carbocycles. The number of hydrogen-bond donors (Lipinski definition) is 1. The van der Waals surface area contributed by atoms with Crippen molar-refractivity contribution in [3.8, 4) is 0 Å². The van der Waals surface area contributed by atoms with Crippen molar-refractivity contribution in [2.75, 3.05) is 20.3 Å². The van der Waals surface area contributed by atoms with Crippen LogP contribution in [0, 0.1) is 0 Å². The van der Waals surface area contributed by atoms with Crippen LogP contribution in [0.25, 0.3) is 5.76 Å². The van der Waals surface area contributed by atoms with Gasteiger partial charge in [0.2, 0.25) is 0 Å². The Morgan fingerprint density at radius 3 is 2.36 bits per heavy atom. The molecule has 1 aliphatic rings. The van der Waals surface area contributed by atoms with Gasteiger partial charge >= 0.3 is 0 Å². The first kappa shape index (κ1) is 20.7. The van der Waals surface area contributed by atoms with Crippen molar-refractivity contribution in [3.63, 3.8) is 0 Å². The third-order valence-electron chi connectivity index (χ3n) is 4.45. The number of ketones is 1. The Bertz CT molecular complexity index is 956. The smallest absolute Gasteiger partial charge is 0.295 e. The molecular formula is C20H16Cl3NO4. The lowest BCUT2D eigenvalue weighted by atomic mass is 9.95. The molecule has 1 atom stereocenters. The summed E-state index contributed by atoms with van der Waals surface area (Å²) in [6.45, 7) is 0.398. The molecule has 1 aliphatic heterocycles. The van der Waals surface area contributed by atoms with Gasteiger partial charge in [0.1, 0.15) is 5.76 Å². The van der Waals surface area contributed by atoms with Gasteiger partial charge in [0.15, 0.2) is 0 Å². The highest BCUT2D eigenvalue weighted by molar-refractivity contribution is 6.47. The minimum absolute atomic E-state index is 0.0261. The molecule has 0 aromatic heterocycles. The van der Waals surface area contributed by atoms with E-state index in [1.165, 1.54) is 12.0 Å². The Labute approximate surface area is 177 Å². The van der Waals surface area contributed by atoms with Crippen LogP contribution in [-0.2, 0) is 14.3 Å². The van der Waals surface area contributed by atoms with E-state index in [1.54, 1.807) is 42.5 Å². The number of benzene rings is 2. The molecule has 0 spiro atoms. The molecule has 0 radical (unpaired) electrons. The molecule has 1 saturated heterocycles. The van der Waals surface area contributed by atoms with E-state index in [0.29, 0.717) is 21.2 Å². The van der Waals surface area contributed by atoms with E-state index in [2.05, 4.69) is 0 Å². The number of rotatable bonds is 5. The maximum Gasteiger partial charge on any atom is 0.295 e. The second-order valence-electron chi connectivity index (χ2n) is 6.17. The zero-order chi connectivity index (χ0) is 20.4. The maximum absolute atomic E-state index is 12.8. The highest BCUT2D eigenvalue weighted by Crippen LogP contribution is 2.40. The lowest BCUT2D eigenvalue weighted by molar-refractivity contribution is -0.140. The monoisotopic (exact) mass is 439 g/mol. The molecule has 2 aromatic rings. The van der Waals surface area contributed by atoms with Crippen LogP contribution in [0.5, 0.6) is 0 Å². The number of carbonyl (C=O) groups excluding carboxylic acids is 2. The minimum Gasteiger partial charge on any atom is -0.507 e. The SMILES string of the molecule is COCCN1C(=O)C(=O)C(=C(O)c2ccc(Cl)cc2)[C@H]1c1ccc(Cl)c(Cl)c1. The molecule has 0 bridgehead atoms.